The minimum Gasteiger partial charge on any atom is -0.508 e. The van der Waals surface area contributed by atoms with Crippen LogP contribution in [0.2, 0.25) is 5.02 Å². The lowest BCUT2D eigenvalue weighted by Crippen LogP contribution is -2.60. The van der Waals surface area contributed by atoms with Crippen molar-refractivity contribution in [2.24, 2.45) is 17.8 Å². The summed E-state index contributed by atoms with van der Waals surface area (Å²) >= 11 is 23.7. The van der Waals surface area contributed by atoms with Crippen LogP contribution in [0.5, 0.6) is 5.75 Å². The Balaban J connectivity index is 1.75. The van der Waals surface area contributed by atoms with Crippen molar-refractivity contribution >= 4 is 74.4 Å². The summed E-state index contributed by atoms with van der Waals surface area (Å²) in [6.45, 7) is 5.38. The maximum atomic E-state index is 13.7. The van der Waals surface area contributed by atoms with Crippen molar-refractivity contribution < 1.29 is 24.3 Å². The number of likely N-dealkylation sites (tertiary alicyclic amines) is 2. The number of halogens is 4. The number of allylic oxidation sites excluding steroid dienone is 2. The van der Waals surface area contributed by atoms with Crippen LogP contribution < -0.4 is 0 Å². The van der Waals surface area contributed by atoms with Crippen LogP contribution in [0.1, 0.15) is 45.1 Å². The number of phenolic OH excluding ortho intramolecular Hbond substituents is 1. The molecule has 1 aromatic rings. The number of rotatable bonds is 2. The lowest BCUT2D eigenvalue weighted by atomic mass is 9.56. The Morgan fingerprint density at radius 1 is 1.08 bits per heavy atom. The second-order valence-electron chi connectivity index (χ2n) is 10.9. The number of aromatic hydroxyl groups is 1. The van der Waals surface area contributed by atoms with Crippen molar-refractivity contribution in [1.29, 1.82) is 0 Å². The molecule has 5 rings (SSSR count). The Kier molecular flexibility index (Phi) is 5.92. The SMILES string of the molecule is CC(C)(C)N1C(=O)[C@H]2[C@H](CC=C3[C@H]2C[C@@]2(Cl)C(=O)N(CBr)C(=O)[C@@]2(Cl)[C@H]3c2cc(Cl)ccc2O)C1=O. The van der Waals surface area contributed by atoms with Gasteiger partial charge in [0.05, 0.1) is 17.3 Å². The van der Waals surface area contributed by atoms with Gasteiger partial charge in [0.25, 0.3) is 11.8 Å². The molecule has 36 heavy (non-hydrogen) atoms. The van der Waals surface area contributed by atoms with Gasteiger partial charge in [0, 0.05) is 22.0 Å². The van der Waals surface area contributed by atoms with E-state index < -0.39 is 50.8 Å². The minimum atomic E-state index is -1.98. The fourth-order valence-electron chi connectivity index (χ4n) is 6.52. The first kappa shape index (κ1) is 26.0. The summed E-state index contributed by atoms with van der Waals surface area (Å²) in [5.41, 5.74) is -0.00739. The van der Waals surface area contributed by atoms with Gasteiger partial charge in [0.1, 0.15) is 5.75 Å². The molecule has 0 bridgehead atoms. The van der Waals surface area contributed by atoms with Crippen LogP contribution >= 0.6 is 50.7 Å². The van der Waals surface area contributed by atoms with Gasteiger partial charge in [-0.3, -0.25) is 29.0 Å². The van der Waals surface area contributed by atoms with Gasteiger partial charge in [-0.25, -0.2) is 0 Å². The monoisotopic (exact) mass is 616 g/mol. The molecule has 2 heterocycles. The molecule has 192 valence electrons. The van der Waals surface area contributed by atoms with Gasteiger partial charge >= 0.3 is 0 Å². The van der Waals surface area contributed by atoms with E-state index in [-0.39, 0.29) is 41.4 Å². The number of amides is 4. The number of carbonyl (C=O) groups excluding carboxylic acids is 4. The molecule has 6 atom stereocenters. The molecule has 0 radical (unpaired) electrons. The van der Waals surface area contributed by atoms with Crippen LogP contribution in [-0.2, 0) is 19.2 Å². The molecule has 0 spiro atoms. The van der Waals surface area contributed by atoms with E-state index in [1.807, 2.05) is 6.08 Å². The highest BCUT2D eigenvalue weighted by Gasteiger charge is 2.76. The van der Waals surface area contributed by atoms with Crippen molar-refractivity contribution in [2.75, 3.05) is 5.45 Å². The molecule has 11 heteroatoms. The fraction of sp³-hybridized carbons (Fsp3) is 0.520. The van der Waals surface area contributed by atoms with Gasteiger partial charge in [0.15, 0.2) is 9.75 Å². The second-order valence-corrected chi connectivity index (χ2v) is 13.1. The molecular formula is C25H24BrCl3N2O5. The Morgan fingerprint density at radius 2 is 1.75 bits per heavy atom. The number of hydrogen-bond acceptors (Lipinski definition) is 5. The van der Waals surface area contributed by atoms with Crippen molar-refractivity contribution in [3.05, 3.63) is 40.4 Å². The summed E-state index contributed by atoms with van der Waals surface area (Å²) in [4.78, 5) is 52.6. The van der Waals surface area contributed by atoms with Crippen LogP contribution in [0.15, 0.2) is 29.8 Å². The van der Waals surface area contributed by atoms with Crippen molar-refractivity contribution in [2.45, 2.75) is 54.8 Å². The van der Waals surface area contributed by atoms with Crippen molar-refractivity contribution in [3.63, 3.8) is 0 Å². The lowest BCUT2D eigenvalue weighted by Gasteiger charge is -2.50. The largest absolute Gasteiger partial charge is 0.508 e. The zero-order chi connectivity index (χ0) is 26.5. The van der Waals surface area contributed by atoms with Gasteiger partial charge in [-0.05, 0) is 57.7 Å². The molecule has 2 aliphatic heterocycles. The van der Waals surface area contributed by atoms with Crippen LogP contribution in [-0.4, -0.2) is 59.3 Å². The van der Waals surface area contributed by atoms with Crippen LogP contribution in [0.3, 0.4) is 0 Å². The lowest BCUT2D eigenvalue weighted by molar-refractivity contribution is -0.146. The molecule has 2 aliphatic carbocycles. The number of imide groups is 2. The van der Waals surface area contributed by atoms with Gasteiger partial charge in [-0.15, -0.1) is 23.2 Å². The summed E-state index contributed by atoms with van der Waals surface area (Å²) in [6.07, 6.45) is 1.98. The molecule has 1 N–H and O–H groups in total. The normalized spacial score (nSPS) is 36.1. The summed E-state index contributed by atoms with van der Waals surface area (Å²) in [5, 5.41) is 11.2. The van der Waals surface area contributed by atoms with Crippen LogP contribution in [0.25, 0.3) is 0 Å². The Morgan fingerprint density at radius 3 is 2.36 bits per heavy atom. The van der Waals surface area contributed by atoms with E-state index in [4.69, 9.17) is 34.8 Å². The highest BCUT2D eigenvalue weighted by atomic mass is 79.9. The quantitative estimate of drug-likeness (QED) is 0.227. The number of phenols is 1. The molecule has 1 aromatic carbocycles. The molecule has 0 aromatic heterocycles. The molecule has 1 saturated carbocycles. The van der Waals surface area contributed by atoms with E-state index in [0.29, 0.717) is 10.6 Å². The minimum absolute atomic E-state index is 0.103. The summed E-state index contributed by atoms with van der Waals surface area (Å²) in [5.74, 6) is -5.23. The topological polar surface area (TPSA) is 95.0 Å². The first-order valence-corrected chi connectivity index (χ1v) is 13.8. The van der Waals surface area contributed by atoms with E-state index in [1.165, 1.54) is 23.1 Å². The van der Waals surface area contributed by atoms with Gasteiger partial charge in [0.2, 0.25) is 11.8 Å². The molecular weight excluding hydrogens is 595 g/mol. The second kappa shape index (κ2) is 8.19. The summed E-state index contributed by atoms with van der Waals surface area (Å²) in [6, 6.07) is 4.38. The molecule has 4 amide bonds. The Bertz CT molecular complexity index is 1260. The smallest absolute Gasteiger partial charge is 0.254 e. The third-order valence-corrected chi connectivity index (χ3v) is 10.1. The third kappa shape index (κ3) is 3.17. The Hall–Kier alpha value is -1.61. The first-order valence-electron chi connectivity index (χ1n) is 11.6. The van der Waals surface area contributed by atoms with E-state index in [2.05, 4.69) is 15.9 Å². The standard InChI is InChI=1S/C25H24BrCl3N2O5/c1-23(2,3)31-19(33)13-6-5-12-15(17(13)20(31)34)9-24(28)21(35)30(10-26)22(36)25(24,29)18(12)14-8-11(27)4-7-16(14)32/h4-5,7-8,13,15,17-18,32H,6,9-10H2,1-3H3/t13-,15+,17-,18+,24+,25-/m0/s1. The first-order chi connectivity index (χ1) is 16.7. The average molecular weight is 619 g/mol. The zero-order valence-electron chi connectivity index (χ0n) is 19.7. The average Bonchev–Trinajstić information content (AvgIpc) is 3.14. The van der Waals surface area contributed by atoms with Gasteiger partial charge in [-0.2, -0.15) is 0 Å². The van der Waals surface area contributed by atoms with E-state index in [1.54, 1.807) is 20.8 Å². The molecule has 3 fully saturated rings. The fourth-order valence-corrected chi connectivity index (χ4v) is 8.11. The van der Waals surface area contributed by atoms with E-state index >= 15 is 0 Å². The number of alkyl halides is 3. The number of fused-ring (bicyclic) bond motifs is 4. The highest BCUT2D eigenvalue weighted by molar-refractivity contribution is 9.09. The number of benzene rings is 1. The number of nitrogens with zero attached hydrogens (tertiary/aromatic N) is 2. The highest BCUT2D eigenvalue weighted by Crippen LogP contribution is 2.66. The van der Waals surface area contributed by atoms with Crippen molar-refractivity contribution in [1.82, 2.24) is 9.80 Å². The zero-order valence-corrected chi connectivity index (χ0v) is 23.6. The number of hydrogen-bond donors (Lipinski definition) is 1. The maximum Gasteiger partial charge on any atom is 0.254 e. The maximum absolute atomic E-state index is 13.7. The molecule has 4 aliphatic rings. The van der Waals surface area contributed by atoms with Crippen molar-refractivity contribution in [3.8, 4) is 5.75 Å². The Labute approximate surface area is 231 Å². The van der Waals surface area contributed by atoms with Gasteiger partial charge < -0.3 is 5.11 Å². The van der Waals surface area contributed by atoms with E-state index in [0.717, 1.165) is 4.90 Å². The van der Waals surface area contributed by atoms with Gasteiger partial charge in [-0.1, -0.05) is 39.2 Å². The van der Waals surface area contributed by atoms with Crippen LogP contribution in [0.4, 0.5) is 0 Å². The summed E-state index contributed by atoms with van der Waals surface area (Å²) in [7, 11) is 0. The predicted molar refractivity (Wildman–Crippen MR) is 138 cm³/mol. The number of carbonyl (C=O) groups is 4. The molecule has 7 nitrogen and oxygen atoms in total. The predicted octanol–water partition coefficient (Wildman–Crippen LogP) is 4.56. The summed E-state index contributed by atoms with van der Waals surface area (Å²) < 4.78 is 0. The van der Waals surface area contributed by atoms with Crippen LogP contribution in [0, 0.1) is 17.8 Å². The molecule has 2 saturated heterocycles. The molecule has 0 unspecified atom stereocenters. The van der Waals surface area contributed by atoms with E-state index in [9.17, 15) is 24.3 Å². The third-order valence-electron chi connectivity index (χ3n) is 7.99.